The van der Waals surface area contributed by atoms with Gasteiger partial charge in [-0.25, -0.2) is 0 Å². The van der Waals surface area contributed by atoms with E-state index < -0.39 is 0 Å². The van der Waals surface area contributed by atoms with E-state index in [1.54, 1.807) is 6.20 Å². The lowest BCUT2D eigenvalue weighted by Gasteiger charge is -2.08. The van der Waals surface area contributed by atoms with Gasteiger partial charge in [0, 0.05) is 6.20 Å². The molecule has 1 heterocycles. The lowest BCUT2D eigenvalue weighted by atomic mass is 10.1. The van der Waals surface area contributed by atoms with E-state index >= 15 is 0 Å². The first-order chi connectivity index (χ1) is 8.27. The van der Waals surface area contributed by atoms with E-state index in [1.807, 2.05) is 43.3 Å². The van der Waals surface area contributed by atoms with E-state index in [0.717, 1.165) is 11.4 Å². The predicted molar refractivity (Wildman–Crippen MR) is 71.3 cm³/mol. The van der Waals surface area contributed by atoms with Crippen LogP contribution in [0.2, 0.25) is 0 Å². The van der Waals surface area contributed by atoms with Crippen molar-refractivity contribution >= 4 is 5.71 Å². The Labute approximate surface area is 102 Å². The summed E-state index contributed by atoms with van der Waals surface area (Å²) in [4.78, 5) is 8.97. The average Bonchev–Trinajstić information content (AvgIpc) is 2.40. The summed E-state index contributed by atoms with van der Waals surface area (Å²) in [6.45, 7) is 4.10. The standard InChI is InChI=1S/C15H16N2/c1-12(14-8-4-3-5-9-14)17-13(2)15-10-6-7-11-16-15/h3-12H,1-2H3/t12-/m0/s1. The minimum absolute atomic E-state index is 0.165. The van der Waals surface area contributed by atoms with E-state index in [-0.39, 0.29) is 6.04 Å². The lowest BCUT2D eigenvalue weighted by Crippen LogP contribution is -2.00. The summed E-state index contributed by atoms with van der Waals surface area (Å²) >= 11 is 0. The normalized spacial score (nSPS) is 13.4. The molecule has 0 saturated heterocycles. The average molecular weight is 224 g/mol. The second-order valence-corrected chi connectivity index (χ2v) is 4.02. The third kappa shape index (κ3) is 3.00. The fraction of sp³-hybridized carbons (Fsp3) is 0.200. The van der Waals surface area contributed by atoms with Gasteiger partial charge in [0.2, 0.25) is 0 Å². The number of nitrogens with zero attached hydrogens (tertiary/aromatic N) is 2. The first-order valence-electron chi connectivity index (χ1n) is 5.78. The topological polar surface area (TPSA) is 25.2 Å². The van der Waals surface area contributed by atoms with Crippen LogP contribution < -0.4 is 0 Å². The van der Waals surface area contributed by atoms with E-state index in [4.69, 9.17) is 0 Å². The van der Waals surface area contributed by atoms with Crippen LogP contribution in [0.1, 0.15) is 31.1 Å². The summed E-state index contributed by atoms with van der Waals surface area (Å²) in [5, 5.41) is 0. The van der Waals surface area contributed by atoms with Gasteiger partial charge in [-0.3, -0.25) is 9.98 Å². The van der Waals surface area contributed by atoms with Gasteiger partial charge in [-0.2, -0.15) is 0 Å². The van der Waals surface area contributed by atoms with Gasteiger partial charge in [0.25, 0.3) is 0 Å². The van der Waals surface area contributed by atoms with Crippen LogP contribution >= 0.6 is 0 Å². The quantitative estimate of drug-likeness (QED) is 0.730. The lowest BCUT2D eigenvalue weighted by molar-refractivity contribution is 0.818. The van der Waals surface area contributed by atoms with Crippen molar-refractivity contribution in [2.45, 2.75) is 19.9 Å². The highest BCUT2D eigenvalue weighted by molar-refractivity contribution is 5.97. The summed E-state index contributed by atoms with van der Waals surface area (Å²) in [6, 6.07) is 16.3. The molecule has 0 unspecified atom stereocenters. The molecule has 0 bridgehead atoms. The van der Waals surface area contributed by atoms with Crippen LogP contribution in [0.4, 0.5) is 0 Å². The Morgan fingerprint density at radius 3 is 2.41 bits per heavy atom. The van der Waals surface area contributed by atoms with E-state index in [0.29, 0.717) is 0 Å². The van der Waals surface area contributed by atoms with Crippen LogP contribution in [0.15, 0.2) is 59.7 Å². The number of aliphatic imine (C=N–C) groups is 1. The molecule has 1 atom stereocenters. The molecule has 2 nitrogen and oxygen atoms in total. The molecule has 0 aliphatic heterocycles. The number of pyridine rings is 1. The van der Waals surface area contributed by atoms with Gasteiger partial charge in [-0.05, 0) is 31.5 Å². The Balaban J connectivity index is 2.20. The van der Waals surface area contributed by atoms with Gasteiger partial charge in [-0.1, -0.05) is 36.4 Å². The second-order valence-electron chi connectivity index (χ2n) is 4.02. The van der Waals surface area contributed by atoms with Crippen molar-refractivity contribution in [3.05, 3.63) is 66.0 Å². The largest absolute Gasteiger partial charge is 0.280 e. The fourth-order valence-electron chi connectivity index (χ4n) is 1.74. The van der Waals surface area contributed by atoms with Crippen molar-refractivity contribution in [1.82, 2.24) is 4.98 Å². The SMILES string of the molecule is CC(=N[C@@H](C)c1ccccc1)c1ccccn1. The van der Waals surface area contributed by atoms with Crippen LogP contribution in [0.5, 0.6) is 0 Å². The molecule has 0 amide bonds. The Morgan fingerprint density at radius 2 is 1.76 bits per heavy atom. The van der Waals surface area contributed by atoms with Gasteiger partial charge >= 0.3 is 0 Å². The zero-order chi connectivity index (χ0) is 12.1. The summed E-state index contributed by atoms with van der Waals surface area (Å²) < 4.78 is 0. The summed E-state index contributed by atoms with van der Waals surface area (Å²) in [6.07, 6.45) is 1.79. The van der Waals surface area contributed by atoms with E-state index in [9.17, 15) is 0 Å². The maximum atomic E-state index is 4.67. The molecule has 0 aliphatic rings. The van der Waals surface area contributed by atoms with Crippen molar-refractivity contribution in [1.29, 1.82) is 0 Å². The Morgan fingerprint density at radius 1 is 1.06 bits per heavy atom. The highest BCUT2D eigenvalue weighted by Crippen LogP contribution is 2.16. The molecule has 2 heteroatoms. The Bertz CT molecular complexity index is 489. The zero-order valence-corrected chi connectivity index (χ0v) is 10.2. The minimum atomic E-state index is 0.165. The molecular weight excluding hydrogens is 208 g/mol. The maximum Gasteiger partial charge on any atom is 0.0837 e. The molecule has 0 saturated carbocycles. The first kappa shape index (κ1) is 11.5. The molecule has 2 aromatic rings. The van der Waals surface area contributed by atoms with Gasteiger partial charge in [0.1, 0.15) is 0 Å². The van der Waals surface area contributed by atoms with Gasteiger partial charge in [0.05, 0.1) is 17.4 Å². The van der Waals surface area contributed by atoms with Crippen LogP contribution in [-0.4, -0.2) is 10.7 Å². The number of hydrogen-bond donors (Lipinski definition) is 0. The molecule has 17 heavy (non-hydrogen) atoms. The third-order valence-corrected chi connectivity index (χ3v) is 2.70. The monoisotopic (exact) mass is 224 g/mol. The van der Waals surface area contributed by atoms with E-state index in [2.05, 4.69) is 29.0 Å². The predicted octanol–water partition coefficient (Wildman–Crippen LogP) is 3.65. The first-order valence-corrected chi connectivity index (χ1v) is 5.78. The van der Waals surface area contributed by atoms with Crippen molar-refractivity contribution in [2.75, 3.05) is 0 Å². The highest BCUT2D eigenvalue weighted by atomic mass is 14.8. The number of aromatic nitrogens is 1. The molecule has 0 N–H and O–H groups in total. The summed E-state index contributed by atoms with van der Waals surface area (Å²) in [5.41, 5.74) is 3.14. The molecule has 0 fully saturated rings. The summed E-state index contributed by atoms with van der Waals surface area (Å²) in [5.74, 6) is 0. The molecule has 2 rings (SSSR count). The molecular formula is C15H16N2. The van der Waals surface area contributed by atoms with Crippen molar-refractivity contribution < 1.29 is 0 Å². The van der Waals surface area contributed by atoms with Crippen LogP contribution in [0.25, 0.3) is 0 Å². The van der Waals surface area contributed by atoms with Crippen molar-refractivity contribution in [3.8, 4) is 0 Å². The minimum Gasteiger partial charge on any atom is -0.280 e. The molecule has 86 valence electrons. The second kappa shape index (κ2) is 5.39. The molecule has 0 aliphatic carbocycles. The van der Waals surface area contributed by atoms with Crippen molar-refractivity contribution in [3.63, 3.8) is 0 Å². The Kier molecular flexibility index (Phi) is 3.66. The van der Waals surface area contributed by atoms with Crippen molar-refractivity contribution in [2.24, 2.45) is 4.99 Å². The molecule has 1 aromatic heterocycles. The van der Waals surface area contributed by atoms with Crippen LogP contribution in [0, 0.1) is 0 Å². The zero-order valence-electron chi connectivity index (χ0n) is 10.2. The summed E-state index contributed by atoms with van der Waals surface area (Å²) in [7, 11) is 0. The Hall–Kier alpha value is -1.96. The third-order valence-electron chi connectivity index (χ3n) is 2.70. The van der Waals surface area contributed by atoms with E-state index in [1.165, 1.54) is 5.56 Å². The molecule has 0 spiro atoms. The molecule has 0 radical (unpaired) electrons. The van der Waals surface area contributed by atoms with Crippen LogP contribution in [0.3, 0.4) is 0 Å². The smallest absolute Gasteiger partial charge is 0.0837 e. The maximum absolute atomic E-state index is 4.67. The number of benzene rings is 1. The number of hydrogen-bond acceptors (Lipinski definition) is 2. The fourth-order valence-corrected chi connectivity index (χ4v) is 1.74. The molecule has 1 aromatic carbocycles. The van der Waals surface area contributed by atoms with Gasteiger partial charge in [-0.15, -0.1) is 0 Å². The van der Waals surface area contributed by atoms with Crippen LogP contribution in [-0.2, 0) is 0 Å². The highest BCUT2D eigenvalue weighted by Gasteiger charge is 2.04. The van der Waals surface area contributed by atoms with Gasteiger partial charge in [0.15, 0.2) is 0 Å². The van der Waals surface area contributed by atoms with Gasteiger partial charge < -0.3 is 0 Å². The number of rotatable bonds is 3.